The lowest BCUT2D eigenvalue weighted by atomic mass is 10.5. The molecule has 0 radical (unpaired) electrons. The van der Waals surface area contributed by atoms with Gasteiger partial charge in [-0.15, -0.1) is 0 Å². The van der Waals surface area contributed by atoms with Crippen LogP contribution in [0.1, 0.15) is 0 Å². The molecule has 0 rings (SSSR count). The lowest BCUT2D eigenvalue weighted by Crippen LogP contribution is -3.00. The molecule has 1 nitrogen and oxygen atoms in total. The van der Waals surface area contributed by atoms with Crippen molar-refractivity contribution in [3.63, 3.8) is 0 Å². The van der Waals surface area contributed by atoms with Crippen LogP contribution in [0.2, 0.25) is 0 Å². The SMILES string of the molecule is C=CC[N+](C)(C)C.[Cl-].[SiH4]. The van der Waals surface area contributed by atoms with Gasteiger partial charge in [-0.25, -0.2) is 0 Å². The summed E-state index contributed by atoms with van der Waals surface area (Å²) in [6.45, 7) is 4.67. The number of rotatable bonds is 2. The van der Waals surface area contributed by atoms with E-state index in [4.69, 9.17) is 0 Å². The Bertz CT molecular complexity index is 67.9. The van der Waals surface area contributed by atoms with Gasteiger partial charge in [-0.2, -0.15) is 0 Å². The molecule has 0 aliphatic carbocycles. The largest absolute Gasteiger partial charge is 1.00 e. The van der Waals surface area contributed by atoms with Gasteiger partial charge >= 0.3 is 0 Å². The van der Waals surface area contributed by atoms with Crippen LogP contribution in [-0.2, 0) is 0 Å². The van der Waals surface area contributed by atoms with E-state index in [2.05, 4.69) is 27.7 Å². The fourth-order valence-electron chi connectivity index (χ4n) is 0.387. The molecule has 0 amide bonds. The summed E-state index contributed by atoms with van der Waals surface area (Å²) in [5.41, 5.74) is 0. The summed E-state index contributed by atoms with van der Waals surface area (Å²) < 4.78 is 0.976. The Balaban J connectivity index is -0.000000180. The van der Waals surface area contributed by atoms with E-state index in [1.54, 1.807) is 0 Å². The first-order valence-electron chi connectivity index (χ1n) is 2.47. The Hall–Kier alpha value is 0.207. The molecule has 0 aromatic heterocycles. The van der Waals surface area contributed by atoms with Gasteiger partial charge in [0.1, 0.15) is 0 Å². The van der Waals surface area contributed by atoms with Crippen molar-refractivity contribution >= 4 is 11.0 Å². The van der Waals surface area contributed by atoms with Crippen molar-refractivity contribution in [2.45, 2.75) is 0 Å². The number of quaternary nitrogens is 1. The standard InChI is InChI=1S/C6H14N.ClH.H4Si/c1-5-6-7(2,3)4;;/h5H,1,6H2,2-4H3;1H;1H4/q+1;;/p-1. The number of hydrogen-bond acceptors (Lipinski definition) is 0. The van der Waals surface area contributed by atoms with Crippen molar-refractivity contribution in [3.05, 3.63) is 12.7 Å². The van der Waals surface area contributed by atoms with Gasteiger partial charge in [-0.05, 0) is 17.0 Å². The van der Waals surface area contributed by atoms with Crippen molar-refractivity contribution in [3.8, 4) is 0 Å². The maximum atomic E-state index is 3.63. The Morgan fingerprint density at radius 3 is 1.67 bits per heavy atom. The molecule has 0 saturated carbocycles. The van der Waals surface area contributed by atoms with Gasteiger partial charge < -0.3 is 16.9 Å². The van der Waals surface area contributed by atoms with Crippen molar-refractivity contribution in [1.29, 1.82) is 0 Å². The topological polar surface area (TPSA) is 0 Å². The zero-order valence-electron chi connectivity index (χ0n) is 5.82. The highest BCUT2D eigenvalue weighted by molar-refractivity contribution is 5.75. The van der Waals surface area contributed by atoms with Gasteiger partial charge in [-0.1, -0.05) is 6.58 Å². The van der Waals surface area contributed by atoms with Crippen LogP contribution < -0.4 is 12.4 Å². The molecule has 0 aliphatic rings. The summed E-state index contributed by atoms with van der Waals surface area (Å²) in [7, 11) is 6.42. The number of hydrogen-bond donors (Lipinski definition) is 0. The lowest BCUT2D eigenvalue weighted by molar-refractivity contribution is -0.864. The maximum absolute atomic E-state index is 3.63. The fourth-order valence-corrected chi connectivity index (χ4v) is 0.387. The average Bonchev–Trinajstić information content (AvgIpc) is 1.30. The molecule has 0 heterocycles. The lowest BCUT2D eigenvalue weighted by Gasteiger charge is -2.21. The predicted molar refractivity (Wildman–Crippen MR) is 44.4 cm³/mol. The van der Waals surface area contributed by atoms with Gasteiger partial charge in [-0.3, -0.25) is 0 Å². The second-order valence-corrected chi connectivity index (χ2v) is 2.76. The highest BCUT2D eigenvalue weighted by Gasteiger charge is 1.99. The van der Waals surface area contributed by atoms with Gasteiger partial charge in [0.15, 0.2) is 0 Å². The van der Waals surface area contributed by atoms with Gasteiger partial charge in [0, 0.05) is 0 Å². The Morgan fingerprint density at radius 2 is 1.67 bits per heavy atom. The molecule has 58 valence electrons. The summed E-state index contributed by atoms with van der Waals surface area (Å²) in [5.74, 6) is 0. The van der Waals surface area contributed by atoms with E-state index in [1.165, 1.54) is 0 Å². The smallest absolute Gasteiger partial charge is 0.0964 e. The monoisotopic (exact) mass is 167 g/mol. The summed E-state index contributed by atoms with van der Waals surface area (Å²) in [6.07, 6.45) is 1.93. The summed E-state index contributed by atoms with van der Waals surface area (Å²) in [4.78, 5) is 0. The summed E-state index contributed by atoms with van der Waals surface area (Å²) >= 11 is 0. The van der Waals surface area contributed by atoms with Crippen LogP contribution in [0.5, 0.6) is 0 Å². The zero-order chi connectivity index (χ0) is 5.91. The Morgan fingerprint density at radius 1 is 1.33 bits per heavy atom. The van der Waals surface area contributed by atoms with Crippen LogP contribution in [0.4, 0.5) is 0 Å². The van der Waals surface area contributed by atoms with Crippen molar-refractivity contribution in [2.75, 3.05) is 27.7 Å². The molecule has 0 spiro atoms. The van der Waals surface area contributed by atoms with E-state index in [-0.39, 0.29) is 23.4 Å². The van der Waals surface area contributed by atoms with Crippen molar-refractivity contribution in [1.82, 2.24) is 0 Å². The molecule has 0 atom stereocenters. The molecular formula is C6H18ClNSi. The maximum Gasteiger partial charge on any atom is 0.0964 e. The van der Waals surface area contributed by atoms with Gasteiger partial charge in [0.2, 0.25) is 0 Å². The molecule has 0 unspecified atom stereocenters. The Labute approximate surface area is 68.8 Å². The number of halogens is 1. The minimum Gasteiger partial charge on any atom is -1.00 e. The normalized spacial score (nSPS) is 8.78. The first-order chi connectivity index (χ1) is 3.06. The Kier molecular flexibility index (Phi) is 11.3. The molecule has 3 heteroatoms. The highest BCUT2D eigenvalue weighted by Crippen LogP contribution is 1.86. The third-order valence-corrected chi connectivity index (χ3v) is 0.677. The van der Waals surface area contributed by atoms with Crippen LogP contribution in [0.3, 0.4) is 0 Å². The second kappa shape index (κ2) is 6.33. The molecule has 0 bridgehead atoms. The van der Waals surface area contributed by atoms with E-state index >= 15 is 0 Å². The first kappa shape index (κ1) is 16.1. The van der Waals surface area contributed by atoms with Gasteiger partial charge in [0.05, 0.1) is 27.7 Å². The van der Waals surface area contributed by atoms with Crippen LogP contribution in [0.25, 0.3) is 0 Å². The first-order valence-corrected chi connectivity index (χ1v) is 2.47. The molecule has 0 aliphatic heterocycles. The van der Waals surface area contributed by atoms with Gasteiger partial charge in [0.25, 0.3) is 0 Å². The van der Waals surface area contributed by atoms with E-state index in [0.717, 1.165) is 11.0 Å². The van der Waals surface area contributed by atoms with Crippen LogP contribution in [-0.4, -0.2) is 43.1 Å². The van der Waals surface area contributed by atoms with Crippen molar-refractivity contribution in [2.24, 2.45) is 0 Å². The molecule has 0 fully saturated rings. The number of likely N-dealkylation sites (N-methyl/N-ethyl adjacent to an activating group) is 1. The fraction of sp³-hybridized carbons (Fsp3) is 0.667. The minimum absolute atomic E-state index is 0. The van der Waals surface area contributed by atoms with Crippen molar-refractivity contribution < 1.29 is 16.9 Å². The predicted octanol–water partition coefficient (Wildman–Crippen LogP) is -3.57. The second-order valence-electron chi connectivity index (χ2n) is 2.76. The molecule has 0 aromatic carbocycles. The molecule has 0 saturated heterocycles. The zero-order valence-corrected chi connectivity index (χ0v) is 6.57. The van der Waals surface area contributed by atoms with E-state index < -0.39 is 0 Å². The molecule has 9 heavy (non-hydrogen) atoms. The van der Waals surface area contributed by atoms with E-state index in [0.29, 0.717) is 0 Å². The van der Waals surface area contributed by atoms with Crippen LogP contribution in [0.15, 0.2) is 12.7 Å². The summed E-state index contributed by atoms with van der Waals surface area (Å²) in [6, 6.07) is 0. The third kappa shape index (κ3) is 17.9. The highest BCUT2D eigenvalue weighted by atomic mass is 35.5. The minimum atomic E-state index is 0. The summed E-state index contributed by atoms with van der Waals surface area (Å²) in [5, 5.41) is 0. The number of nitrogens with zero attached hydrogens (tertiary/aromatic N) is 1. The molecular weight excluding hydrogens is 150 g/mol. The average molecular weight is 168 g/mol. The van der Waals surface area contributed by atoms with Crippen LogP contribution in [0, 0.1) is 0 Å². The van der Waals surface area contributed by atoms with E-state index in [9.17, 15) is 0 Å². The third-order valence-electron chi connectivity index (χ3n) is 0.677. The van der Waals surface area contributed by atoms with Crippen LogP contribution >= 0.6 is 0 Å². The molecule has 0 N–H and O–H groups in total. The molecule has 0 aromatic rings. The van der Waals surface area contributed by atoms with E-state index in [1.807, 2.05) is 6.08 Å². The quantitative estimate of drug-likeness (QED) is 0.227.